The molecule has 0 saturated carbocycles. The fraction of sp³-hybridized carbons (Fsp3) is 0. The van der Waals surface area contributed by atoms with Gasteiger partial charge in [-0.15, -0.1) is 0 Å². The molecule has 0 unspecified atom stereocenters. The standard InChI is InChI=1S/C44H28N4O/c1-11-39(37-21-33(29-7-3-15-45-25-29)19-34(22-37)30-8-4-16-46-26-30)43-41(13-1)42-14-2-12-40(44(42)49-43)38-23-35(31-9-5-17-47-27-31)20-36(24-38)32-10-6-18-48-28-32/h1-28H. The van der Waals surface area contributed by atoms with Crippen LogP contribution in [0.25, 0.3) is 88.7 Å². The lowest BCUT2D eigenvalue weighted by molar-refractivity contribution is 0.671. The number of furan rings is 1. The molecular weight excluding hydrogens is 601 g/mol. The minimum atomic E-state index is 0.848. The normalized spacial score (nSPS) is 11.3. The van der Waals surface area contributed by atoms with Crippen molar-refractivity contribution in [2.75, 3.05) is 0 Å². The van der Waals surface area contributed by atoms with Gasteiger partial charge in [-0.05, 0) is 94.0 Å². The van der Waals surface area contributed by atoms with Crippen LogP contribution in [0.2, 0.25) is 0 Å². The summed E-state index contributed by atoms with van der Waals surface area (Å²) in [6.45, 7) is 0. The maximum absolute atomic E-state index is 6.96. The Morgan fingerprint density at radius 2 is 0.633 bits per heavy atom. The Bertz CT molecular complexity index is 2290. The van der Waals surface area contributed by atoms with E-state index in [2.05, 4.69) is 117 Å². The van der Waals surface area contributed by atoms with Gasteiger partial charge in [0.15, 0.2) is 0 Å². The molecule has 0 fully saturated rings. The quantitative estimate of drug-likeness (QED) is 0.183. The molecule has 0 bridgehead atoms. The van der Waals surface area contributed by atoms with E-state index in [0.29, 0.717) is 0 Å². The number of fused-ring (bicyclic) bond motifs is 3. The monoisotopic (exact) mass is 628 g/mol. The van der Waals surface area contributed by atoms with Crippen molar-refractivity contribution in [3.05, 3.63) is 171 Å². The van der Waals surface area contributed by atoms with Gasteiger partial charge in [0, 0.05) is 93.7 Å². The van der Waals surface area contributed by atoms with Gasteiger partial charge in [0.25, 0.3) is 0 Å². The second-order valence-corrected chi connectivity index (χ2v) is 12.0. The van der Waals surface area contributed by atoms with Crippen molar-refractivity contribution in [1.29, 1.82) is 0 Å². The molecule has 5 nitrogen and oxygen atoms in total. The molecule has 0 spiro atoms. The molecule has 0 aliphatic rings. The van der Waals surface area contributed by atoms with Crippen LogP contribution in [0.4, 0.5) is 0 Å². The van der Waals surface area contributed by atoms with E-state index in [9.17, 15) is 0 Å². The van der Waals surface area contributed by atoms with Gasteiger partial charge in [0.1, 0.15) is 11.2 Å². The smallest absolute Gasteiger partial charge is 0.143 e. The second-order valence-electron chi connectivity index (χ2n) is 12.0. The van der Waals surface area contributed by atoms with E-state index in [1.165, 1.54) is 0 Å². The molecular formula is C44H28N4O. The highest BCUT2D eigenvalue weighted by atomic mass is 16.3. The maximum atomic E-state index is 6.96. The number of hydrogen-bond donors (Lipinski definition) is 0. The Kier molecular flexibility index (Phi) is 7.06. The van der Waals surface area contributed by atoms with Crippen LogP contribution < -0.4 is 0 Å². The summed E-state index contributed by atoms with van der Waals surface area (Å²) >= 11 is 0. The molecule has 0 aliphatic carbocycles. The summed E-state index contributed by atoms with van der Waals surface area (Å²) < 4.78 is 6.96. The average molecular weight is 629 g/mol. The number of pyridine rings is 4. The van der Waals surface area contributed by atoms with Crippen LogP contribution in [0.5, 0.6) is 0 Å². The lowest BCUT2D eigenvalue weighted by atomic mass is 9.93. The molecule has 0 N–H and O–H groups in total. The first-order valence-electron chi connectivity index (χ1n) is 16.2. The van der Waals surface area contributed by atoms with E-state index in [1.54, 1.807) is 24.8 Å². The summed E-state index contributed by atoms with van der Waals surface area (Å²) in [5.74, 6) is 0. The molecule has 5 aromatic heterocycles. The first-order valence-corrected chi connectivity index (χ1v) is 16.2. The van der Waals surface area contributed by atoms with E-state index in [4.69, 9.17) is 4.42 Å². The van der Waals surface area contributed by atoms with Gasteiger partial charge in [-0.3, -0.25) is 19.9 Å². The van der Waals surface area contributed by atoms with E-state index in [1.807, 2.05) is 49.1 Å². The number of benzene rings is 4. The van der Waals surface area contributed by atoms with Gasteiger partial charge in [-0.1, -0.05) is 60.7 Å². The minimum absolute atomic E-state index is 0.848. The number of nitrogens with zero attached hydrogens (tertiary/aromatic N) is 4. The zero-order valence-electron chi connectivity index (χ0n) is 26.4. The SMILES string of the molecule is c1cncc(-c2cc(-c3cccnc3)cc(-c3cccc4c3oc3c(-c5cc(-c6cccnc6)cc(-c6cccnc6)c5)cccc34)c2)c1. The van der Waals surface area contributed by atoms with E-state index in [-0.39, 0.29) is 0 Å². The molecule has 0 amide bonds. The van der Waals surface area contributed by atoms with Crippen molar-refractivity contribution >= 4 is 21.9 Å². The fourth-order valence-electron chi connectivity index (χ4n) is 6.64. The van der Waals surface area contributed by atoms with Crippen molar-refractivity contribution in [2.45, 2.75) is 0 Å². The zero-order chi connectivity index (χ0) is 32.6. The third-order valence-corrected chi connectivity index (χ3v) is 8.99. The van der Waals surface area contributed by atoms with Crippen LogP contribution >= 0.6 is 0 Å². The van der Waals surface area contributed by atoms with Gasteiger partial charge in [-0.2, -0.15) is 0 Å². The lowest BCUT2D eigenvalue weighted by Gasteiger charge is -2.11. The van der Waals surface area contributed by atoms with Crippen molar-refractivity contribution in [1.82, 2.24) is 19.9 Å². The third-order valence-electron chi connectivity index (χ3n) is 8.99. The Hall–Kier alpha value is -6.72. The predicted molar refractivity (Wildman–Crippen MR) is 198 cm³/mol. The van der Waals surface area contributed by atoms with E-state index >= 15 is 0 Å². The van der Waals surface area contributed by atoms with Crippen LogP contribution in [0.15, 0.2) is 175 Å². The molecule has 9 rings (SSSR count). The Labute approximate surface area is 283 Å². The van der Waals surface area contributed by atoms with Gasteiger partial charge >= 0.3 is 0 Å². The van der Waals surface area contributed by atoms with E-state index < -0.39 is 0 Å². The lowest BCUT2D eigenvalue weighted by Crippen LogP contribution is -1.87. The maximum Gasteiger partial charge on any atom is 0.143 e. The molecule has 0 radical (unpaired) electrons. The molecule has 0 atom stereocenters. The third kappa shape index (κ3) is 5.33. The molecule has 5 heterocycles. The second kappa shape index (κ2) is 12.1. The van der Waals surface area contributed by atoms with Crippen LogP contribution in [-0.4, -0.2) is 19.9 Å². The molecule has 0 aliphatic heterocycles. The Morgan fingerprint density at radius 1 is 0.306 bits per heavy atom. The van der Waals surface area contributed by atoms with Crippen LogP contribution in [0.1, 0.15) is 0 Å². The molecule has 49 heavy (non-hydrogen) atoms. The Balaban J connectivity index is 1.26. The summed E-state index contributed by atoms with van der Waals surface area (Å²) in [6.07, 6.45) is 14.8. The molecule has 0 saturated heterocycles. The summed E-state index contributed by atoms with van der Waals surface area (Å²) in [7, 11) is 0. The largest absolute Gasteiger partial charge is 0.455 e. The van der Waals surface area contributed by atoms with Crippen molar-refractivity contribution in [3.8, 4) is 66.8 Å². The zero-order valence-corrected chi connectivity index (χ0v) is 26.4. The first-order chi connectivity index (χ1) is 24.3. The topological polar surface area (TPSA) is 64.7 Å². The number of rotatable bonds is 6. The molecule has 4 aromatic carbocycles. The molecule has 5 heteroatoms. The number of aromatic nitrogens is 4. The predicted octanol–water partition coefficient (Wildman–Crippen LogP) is 11.2. The fourth-order valence-corrected chi connectivity index (χ4v) is 6.64. The average Bonchev–Trinajstić information content (AvgIpc) is 3.58. The van der Waals surface area contributed by atoms with E-state index in [0.717, 1.165) is 88.7 Å². The number of para-hydroxylation sites is 2. The van der Waals surface area contributed by atoms with Crippen molar-refractivity contribution < 1.29 is 4.42 Å². The number of hydrogen-bond acceptors (Lipinski definition) is 5. The highest BCUT2D eigenvalue weighted by molar-refractivity contribution is 6.13. The molecule has 9 aromatic rings. The summed E-state index contributed by atoms with van der Waals surface area (Å²) in [5, 5.41) is 2.14. The summed E-state index contributed by atoms with van der Waals surface area (Å²) in [5.41, 5.74) is 14.4. The van der Waals surface area contributed by atoms with Crippen LogP contribution in [-0.2, 0) is 0 Å². The highest BCUT2D eigenvalue weighted by Gasteiger charge is 2.18. The van der Waals surface area contributed by atoms with Gasteiger partial charge in [0.05, 0.1) is 0 Å². The highest BCUT2D eigenvalue weighted by Crippen LogP contribution is 2.43. The summed E-state index contributed by atoms with van der Waals surface area (Å²) in [6, 6.07) is 42.3. The Morgan fingerprint density at radius 3 is 0.939 bits per heavy atom. The van der Waals surface area contributed by atoms with Gasteiger partial charge in [-0.25, -0.2) is 0 Å². The van der Waals surface area contributed by atoms with Gasteiger partial charge in [0.2, 0.25) is 0 Å². The molecule has 230 valence electrons. The van der Waals surface area contributed by atoms with Crippen LogP contribution in [0.3, 0.4) is 0 Å². The van der Waals surface area contributed by atoms with Crippen molar-refractivity contribution in [3.63, 3.8) is 0 Å². The summed E-state index contributed by atoms with van der Waals surface area (Å²) in [4.78, 5) is 17.6. The van der Waals surface area contributed by atoms with Crippen molar-refractivity contribution in [2.24, 2.45) is 0 Å². The van der Waals surface area contributed by atoms with Crippen LogP contribution in [0, 0.1) is 0 Å². The van der Waals surface area contributed by atoms with Gasteiger partial charge < -0.3 is 4.42 Å². The minimum Gasteiger partial charge on any atom is -0.455 e. The first kappa shape index (κ1) is 28.5.